The molecule has 0 unspecified atom stereocenters. The van der Waals surface area contributed by atoms with E-state index >= 15 is 0 Å². The van der Waals surface area contributed by atoms with Crippen LogP contribution in [0.2, 0.25) is 0 Å². The summed E-state index contributed by atoms with van der Waals surface area (Å²) < 4.78 is 1.02. The predicted molar refractivity (Wildman–Crippen MR) is 79.3 cm³/mol. The van der Waals surface area contributed by atoms with Gasteiger partial charge in [-0.2, -0.15) is 0 Å². The number of para-hydroxylation sites is 1. The Morgan fingerprint density at radius 2 is 2.00 bits per heavy atom. The standard InChI is InChI=1S/C14H13BrN2O2/c1-10-8-12(15)6-7-13(10)16-9-11-4-2-3-5-14(11)17(18)19/h2-8,16H,9H2,1H3. The van der Waals surface area contributed by atoms with Gasteiger partial charge in [0.1, 0.15) is 0 Å². The molecule has 0 saturated carbocycles. The molecule has 0 radical (unpaired) electrons. The molecule has 0 fully saturated rings. The van der Waals surface area contributed by atoms with Crippen molar-refractivity contribution in [1.29, 1.82) is 0 Å². The van der Waals surface area contributed by atoms with Crippen LogP contribution in [-0.2, 0) is 6.54 Å². The topological polar surface area (TPSA) is 55.2 Å². The summed E-state index contributed by atoms with van der Waals surface area (Å²) in [6.07, 6.45) is 0. The van der Waals surface area contributed by atoms with Gasteiger partial charge in [-0.05, 0) is 30.7 Å². The first-order valence-electron chi connectivity index (χ1n) is 5.80. The molecule has 0 aliphatic carbocycles. The Labute approximate surface area is 119 Å². The molecule has 98 valence electrons. The summed E-state index contributed by atoms with van der Waals surface area (Å²) in [5.41, 5.74) is 2.88. The number of nitrogens with one attached hydrogen (secondary N) is 1. The highest BCUT2D eigenvalue weighted by Gasteiger charge is 2.11. The first-order chi connectivity index (χ1) is 9.08. The molecule has 4 nitrogen and oxygen atoms in total. The summed E-state index contributed by atoms with van der Waals surface area (Å²) in [6, 6.07) is 12.7. The maximum Gasteiger partial charge on any atom is 0.274 e. The molecule has 2 rings (SSSR count). The highest BCUT2D eigenvalue weighted by Crippen LogP contribution is 2.23. The summed E-state index contributed by atoms with van der Waals surface area (Å²) in [7, 11) is 0. The number of halogens is 1. The number of nitrogens with zero attached hydrogens (tertiary/aromatic N) is 1. The monoisotopic (exact) mass is 320 g/mol. The zero-order chi connectivity index (χ0) is 13.8. The Morgan fingerprint density at radius 3 is 2.68 bits per heavy atom. The fourth-order valence-corrected chi connectivity index (χ4v) is 2.33. The first kappa shape index (κ1) is 13.5. The van der Waals surface area contributed by atoms with Gasteiger partial charge in [-0.1, -0.05) is 34.1 Å². The highest BCUT2D eigenvalue weighted by molar-refractivity contribution is 9.10. The number of hydrogen-bond donors (Lipinski definition) is 1. The smallest absolute Gasteiger partial charge is 0.274 e. The molecule has 0 atom stereocenters. The van der Waals surface area contributed by atoms with E-state index in [9.17, 15) is 10.1 Å². The summed E-state index contributed by atoms with van der Waals surface area (Å²) >= 11 is 3.41. The normalized spacial score (nSPS) is 10.2. The third kappa shape index (κ3) is 3.32. The molecule has 5 heteroatoms. The fourth-order valence-electron chi connectivity index (χ4n) is 1.85. The number of nitro benzene ring substituents is 1. The Bertz CT molecular complexity index is 614. The molecular formula is C14H13BrN2O2. The molecule has 0 aromatic heterocycles. The van der Waals surface area contributed by atoms with Gasteiger partial charge in [-0.15, -0.1) is 0 Å². The van der Waals surface area contributed by atoms with Crippen LogP contribution in [-0.4, -0.2) is 4.92 Å². The molecule has 0 bridgehead atoms. The molecule has 19 heavy (non-hydrogen) atoms. The van der Waals surface area contributed by atoms with Gasteiger partial charge in [0.2, 0.25) is 0 Å². The maximum absolute atomic E-state index is 10.9. The summed E-state index contributed by atoms with van der Waals surface area (Å²) in [5.74, 6) is 0. The van der Waals surface area contributed by atoms with Crippen LogP contribution < -0.4 is 5.32 Å². The van der Waals surface area contributed by atoms with E-state index in [1.165, 1.54) is 6.07 Å². The van der Waals surface area contributed by atoms with Crippen molar-refractivity contribution in [3.05, 3.63) is 68.2 Å². The van der Waals surface area contributed by atoms with Gasteiger partial charge in [0.15, 0.2) is 0 Å². The SMILES string of the molecule is Cc1cc(Br)ccc1NCc1ccccc1[N+](=O)[O-]. The molecule has 0 aliphatic rings. The number of hydrogen-bond acceptors (Lipinski definition) is 3. The Kier molecular flexibility index (Phi) is 4.16. The summed E-state index contributed by atoms with van der Waals surface area (Å²) in [6.45, 7) is 2.42. The van der Waals surface area contributed by atoms with Gasteiger partial charge < -0.3 is 5.32 Å². The lowest BCUT2D eigenvalue weighted by molar-refractivity contribution is -0.385. The second-order valence-corrected chi connectivity index (χ2v) is 5.11. The Hall–Kier alpha value is -1.88. The van der Waals surface area contributed by atoms with E-state index in [1.54, 1.807) is 18.2 Å². The minimum atomic E-state index is -0.356. The zero-order valence-corrected chi connectivity index (χ0v) is 12.0. The average molecular weight is 321 g/mol. The van der Waals surface area contributed by atoms with E-state index in [4.69, 9.17) is 0 Å². The average Bonchev–Trinajstić information content (AvgIpc) is 2.38. The number of aryl methyl sites for hydroxylation is 1. The first-order valence-corrected chi connectivity index (χ1v) is 6.59. The lowest BCUT2D eigenvalue weighted by atomic mass is 10.1. The van der Waals surface area contributed by atoms with Gasteiger partial charge >= 0.3 is 0 Å². The van der Waals surface area contributed by atoms with Crippen molar-refractivity contribution in [2.24, 2.45) is 0 Å². The number of nitro groups is 1. The van der Waals surface area contributed by atoms with Gasteiger partial charge in [-0.25, -0.2) is 0 Å². The van der Waals surface area contributed by atoms with Crippen molar-refractivity contribution in [2.75, 3.05) is 5.32 Å². The van der Waals surface area contributed by atoms with Crippen molar-refractivity contribution < 1.29 is 4.92 Å². The number of benzene rings is 2. The van der Waals surface area contributed by atoms with Crippen LogP contribution in [0, 0.1) is 17.0 Å². The minimum absolute atomic E-state index is 0.143. The van der Waals surface area contributed by atoms with Crippen molar-refractivity contribution >= 4 is 27.3 Å². The number of rotatable bonds is 4. The van der Waals surface area contributed by atoms with Gasteiger partial charge in [0.05, 0.1) is 4.92 Å². The lowest BCUT2D eigenvalue weighted by Gasteiger charge is -2.10. The van der Waals surface area contributed by atoms with E-state index in [1.807, 2.05) is 25.1 Å². The van der Waals surface area contributed by atoms with Gasteiger partial charge in [0.25, 0.3) is 5.69 Å². The second-order valence-electron chi connectivity index (χ2n) is 4.20. The molecule has 0 heterocycles. The maximum atomic E-state index is 10.9. The van der Waals surface area contributed by atoms with Crippen LogP contribution in [0.25, 0.3) is 0 Å². The van der Waals surface area contributed by atoms with E-state index in [2.05, 4.69) is 21.2 Å². The molecule has 0 amide bonds. The molecule has 2 aromatic carbocycles. The van der Waals surface area contributed by atoms with Crippen molar-refractivity contribution in [1.82, 2.24) is 0 Å². The minimum Gasteiger partial charge on any atom is -0.380 e. The van der Waals surface area contributed by atoms with Crippen LogP contribution in [0.15, 0.2) is 46.9 Å². The van der Waals surface area contributed by atoms with Gasteiger partial charge in [-0.3, -0.25) is 10.1 Å². The van der Waals surface area contributed by atoms with Crippen LogP contribution in [0.4, 0.5) is 11.4 Å². The highest BCUT2D eigenvalue weighted by atomic mass is 79.9. The van der Waals surface area contributed by atoms with E-state index in [-0.39, 0.29) is 10.6 Å². The molecule has 0 aliphatic heterocycles. The predicted octanol–water partition coefficient (Wildman–Crippen LogP) is 4.28. The third-order valence-corrected chi connectivity index (χ3v) is 3.34. The second kappa shape index (κ2) is 5.84. The van der Waals surface area contributed by atoms with Crippen molar-refractivity contribution in [2.45, 2.75) is 13.5 Å². The van der Waals surface area contributed by atoms with Crippen LogP contribution in [0.3, 0.4) is 0 Å². The Morgan fingerprint density at radius 1 is 1.26 bits per heavy atom. The fraction of sp³-hybridized carbons (Fsp3) is 0.143. The quantitative estimate of drug-likeness (QED) is 0.675. The molecular weight excluding hydrogens is 308 g/mol. The summed E-state index contributed by atoms with van der Waals surface area (Å²) in [5, 5.41) is 14.1. The van der Waals surface area contributed by atoms with Crippen molar-refractivity contribution in [3.8, 4) is 0 Å². The Balaban J connectivity index is 2.17. The molecule has 0 saturated heterocycles. The van der Waals surface area contributed by atoms with Crippen molar-refractivity contribution in [3.63, 3.8) is 0 Å². The van der Waals surface area contributed by atoms with Crippen LogP contribution in [0.1, 0.15) is 11.1 Å². The van der Waals surface area contributed by atoms with Gasteiger partial charge in [0, 0.05) is 28.3 Å². The van der Waals surface area contributed by atoms with Crippen LogP contribution in [0.5, 0.6) is 0 Å². The largest absolute Gasteiger partial charge is 0.380 e. The van der Waals surface area contributed by atoms with E-state index in [0.717, 1.165) is 15.7 Å². The zero-order valence-electron chi connectivity index (χ0n) is 10.4. The molecule has 1 N–H and O–H groups in total. The number of anilines is 1. The lowest BCUT2D eigenvalue weighted by Crippen LogP contribution is -2.04. The van der Waals surface area contributed by atoms with E-state index < -0.39 is 0 Å². The third-order valence-electron chi connectivity index (χ3n) is 2.85. The van der Waals surface area contributed by atoms with Crippen LogP contribution >= 0.6 is 15.9 Å². The van der Waals surface area contributed by atoms with E-state index in [0.29, 0.717) is 12.1 Å². The summed E-state index contributed by atoms with van der Waals surface area (Å²) in [4.78, 5) is 10.6. The molecule has 2 aromatic rings. The molecule has 0 spiro atoms.